The van der Waals surface area contributed by atoms with Gasteiger partial charge in [-0.25, -0.2) is 15.0 Å². The van der Waals surface area contributed by atoms with Crippen molar-refractivity contribution < 1.29 is 22.8 Å². The number of anilines is 3. The molecule has 2 heterocycles. The first-order chi connectivity index (χ1) is 19.1. The van der Waals surface area contributed by atoms with Crippen molar-refractivity contribution in [1.82, 2.24) is 19.5 Å². The summed E-state index contributed by atoms with van der Waals surface area (Å²) in [5.74, 6) is -0.0427. The monoisotopic (exact) mass is 545 g/mol. The van der Waals surface area contributed by atoms with Crippen molar-refractivity contribution in [3.05, 3.63) is 95.8 Å². The first kappa shape index (κ1) is 26.4. The second-order valence-electron chi connectivity index (χ2n) is 8.96. The average Bonchev–Trinajstić information content (AvgIpc) is 3.32. The van der Waals surface area contributed by atoms with E-state index in [1.807, 2.05) is 0 Å². The van der Waals surface area contributed by atoms with Crippen LogP contribution in [0, 0.1) is 0 Å². The molecule has 12 heteroatoms. The van der Waals surface area contributed by atoms with Gasteiger partial charge in [0, 0.05) is 29.4 Å². The number of imidazole rings is 1. The molecule has 0 atom stereocenters. The zero-order chi connectivity index (χ0) is 28.4. The normalized spacial score (nSPS) is 11.4. The molecule has 0 aliphatic carbocycles. The predicted molar refractivity (Wildman–Crippen MR) is 144 cm³/mol. The van der Waals surface area contributed by atoms with Crippen molar-refractivity contribution >= 4 is 40.2 Å². The third kappa shape index (κ3) is 5.75. The molecular weight excluding hydrogens is 523 g/mol. The summed E-state index contributed by atoms with van der Waals surface area (Å²) in [5, 5.41) is 5.93. The van der Waals surface area contributed by atoms with Crippen LogP contribution in [-0.4, -0.2) is 31.3 Å². The lowest BCUT2D eigenvalue weighted by Crippen LogP contribution is -2.10. The molecule has 0 aliphatic heterocycles. The highest BCUT2D eigenvalue weighted by Gasteiger charge is 2.30. The van der Waals surface area contributed by atoms with Gasteiger partial charge in [0.15, 0.2) is 22.8 Å². The molecule has 3 aromatic carbocycles. The maximum atomic E-state index is 13.0. The summed E-state index contributed by atoms with van der Waals surface area (Å²) in [4.78, 5) is 36.7. The smallest absolute Gasteiger partial charge is 0.366 e. The number of carbonyl (C=O) groups is 2. The maximum absolute atomic E-state index is 13.0. The molecule has 2 aromatic heterocycles. The number of primary amides is 1. The van der Waals surface area contributed by atoms with Crippen molar-refractivity contribution in [3.63, 3.8) is 0 Å². The molecule has 5 aromatic rings. The van der Waals surface area contributed by atoms with Crippen LogP contribution in [0.1, 0.15) is 28.4 Å². The zero-order valence-corrected chi connectivity index (χ0v) is 21.0. The Morgan fingerprint density at radius 1 is 0.900 bits per heavy atom. The zero-order valence-electron chi connectivity index (χ0n) is 21.0. The minimum atomic E-state index is -4.42. The number of nitrogens with zero attached hydrogens (tertiary/aromatic N) is 4. The lowest BCUT2D eigenvalue weighted by atomic mass is 10.1. The van der Waals surface area contributed by atoms with Crippen LogP contribution in [0.5, 0.6) is 0 Å². The van der Waals surface area contributed by atoms with Crippen LogP contribution in [0.4, 0.5) is 30.4 Å². The minimum Gasteiger partial charge on any atom is -0.366 e. The number of hydrogen-bond donors (Lipinski definition) is 3. The molecule has 0 saturated carbocycles. The summed E-state index contributed by atoms with van der Waals surface area (Å²) in [6.07, 6.45) is -2.88. The van der Waals surface area contributed by atoms with E-state index in [9.17, 15) is 22.8 Å². The number of nitrogens with one attached hydrogen (secondary N) is 2. The van der Waals surface area contributed by atoms with Crippen molar-refractivity contribution in [2.75, 3.05) is 10.6 Å². The Morgan fingerprint density at radius 3 is 2.15 bits per heavy atom. The highest BCUT2D eigenvalue weighted by molar-refractivity contribution is 5.93. The van der Waals surface area contributed by atoms with Crippen molar-refractivity contribution in [1.29, 1.82) is 0 Å². The Kier molecular flexibility index (Phi) is 6.91. The van der Waals surface area contributed by atoms with E-state index in [1.165, 1.54) is 19.1 Å². The maximum Gasteiger partial charge on any atom is 0.416 e. The van der Waals surface area contributed by atoms with Crippen LogP contribution in [0.25, 0.3) is 22.6 Å². The lowest BCUT2D eigenvalue weighted by molar-refractivity contribution is -0.137. The number of fused-ring (bicyclic) bond motifs is 1. The fourth-order valence-electron chi connectivity index (χ4n) is 4.03. The Bertz CT molecular complexity index is 1700. The third-order valence-electron chi connectivity index (χ3n) is 5.99. The Labute approximate surface area is 225 Å². The first-order valence-electron chi connectivity index (χ1n) is 12.0. The number of carbonyl (C=O) groups excluding carboxylic acids is 2. The Balaban J connectivity index is 1.54. The standard InChI is InChI=1S/C28H22F3N7O2/c1-16(39)34-21-10-12-22(13-11-21)35-26-23-27(37-25(36-26)19-6-4-18(5-7-19)24(32)40)38(15-33-23)14-17-2-8-20(9-3-17)28(29,30)31/h2-13,15H,14H2,1H3,(H2,32,40)(H,34,39)(H,35,36,37). The van der Waals surface area contributed by atoms with Crippen LogP contribution in [0.15, 0.2) is 79.1 Å². The van der Waals surface area contributed by atoms with E-state index in [2.05, 4.69) is 25.6 Å². The van der Waals surface area contributed by atoms with Crippen LogP contribution in [-0.2, 0) is 17.5 Å². The van der Waals surface area contributed by atoms with Gasteiger partial charge < -0.3 is 20.9 Å². The minimum absolute atomic E-state index is 0.191. The second kappa shape index (κ2) is 10.5. The molecular formula is C28H22F3N7O2. The quantitative estimate of drug-likeness (QED) is 0.253. The summed E-state index contributed by atoms with van der Waals surface area (Å²) < 4.78 is 40.7. The summed E-state index contributed by atoms with van der Waals surface area (Å²) >= 11 is 0. The molecule has 0 saturated heterocycles. The van der Waals surface area contributed by atoms with E-state index in [0.717, 1.165) is 12.1 Å². The van der Waals surface area contributed by atoms with Gasteiger partial charge in [-0.05, 0) is 54.1 Å². The molecule has 0 bridgehead atoms. The van der Waals surface area contributed by atoms with Gasteiger partial charge in [0.1, 0.15) is 0 Å². The van der Waals surface area contributed by atoms with Gasteiger partial charge in [-0.3, -0.25) is 9.59 Å². The number of amides is 2. The van der Waals surface area contributed by atoms with E-state index in [-0.39, 0.29) is 12.5 Å². The van der Waals surface area contributed by atoms with Crippen molar-refractivity contribution in [3.8, 4) is 11.4 Å². The first-order valence-corrected chi connectivity index (χ1v) is 12.0. The van der Waals surface area contributed by atoms with Gasteiger partial charge in [-0.1, -0.05) is 24.3 Å². The van der Waals surface area contributed by atoms with Gasteiger partial charge in [0.2, 0.25) is 11.8 Å². The molecule has 0 unspecified atom stereocenters. The summed E-state index contributed by atoms with van der Waals surface area (Å²) in [7, 11) is 0. The molecule has 40 heavy (non-hydrogen) atoms. The number of halogens is 3. The van der Waals surface area contributed by atoms with E-state index in [0.29, 0.717) is 50.9 Å². The van der Waals surface area contributed by atoms with Gasteiger partial charge in [0.05, 0.1) is 18.4 Å². The lowest BCUT2D eigenvalue weighted by Gasteiger charge is -2.11. The van der Waals surface area contributed by atoms with E-state index in [4.69, 9.17) is 5.73 Å². The fourth-order valence-corrected chi connectivity index (χ4v) is 4.03. The van der Waals surface area contributed by atoms with Crippen LogP contribution < -0.4 is 16.4 Å². The number of rotatable bonds is 7. The SMILES string of the molecule is CC(=O)Nc1ccc(Nc2nc(-c3ccc(C(N)=O)cc3)nc3c2ncn3Cc2ccc(C(F)(F)F)cc2)cc1. The van der Waals surface area contributed by atoms with Crippen molar-refractivity contribution in [2.45, 2.75) is 19.6 Å². The van der Waals surface area contributed by atoms with Gasteiger partial charge in [0.25, 0.3) is 0 Å². The topological polar surface area (TPSA) is 128 Å². The molecule has 202 valence electrons. The largest absolute Gasteiger partial charge is 0.416 e. The number of alkyl halides is 3. The highest BCUT2D eigenvalue weighted by Crippen LogP contribution is 2.30. The highest BCUT2D eigenvalue weighted by atomic mass is 19.4. The van der Waals surface area contributed by atoms with Crippen LogP contribution in [0.3, 0.4) is 0 Å². The molecule has 0 radical (unpaired) electrons. The molecule has 0 spiro atoms. The number of nitrogens with two attached hydrogens (primary N) is 1. The van der Waals surface area contributed by atoms with Crippen molar-refractivity contribution in [2.24, 2.45) is 5.73 Å². The molecule has 0 aliphatic rings. The van der Waals surface area contributed by atoms with Crippen LogP contribution in [0.2, 0.25) is 0 Å². The summed E-state index contributed by atoms with van der Waals surface area (Å²) in [6.45, 7) is 1.64. The van der Waals surface area contributed by atoms with E-state index >= 15 is 0 Å². The average molecular weight is 546 g/mol. The van der Waals surface area contributed by atoms with Crippen LogP contribution >= 0.6 is 0 Å². The van der Waals surface area contributed by atoms with E-state index < -0.39 is 17.6 Å². The van der Waals surface area contributed by atoms with Gasteiger partial charge in [-0.15, -0.1) is 0 Å². The summed E-state index contributed by atoms with van der Waals surface area (Å²) in [5.41, 5.74) is 8.37. The molecule has 4 N–H and O–H groups in total. The molecule has 0 fully saturated rings. The number of hydrogen-bond acceptors (Lipinski definition) is 6. The molecule has 5 rings (SSSR count). The number of aromatic nitrogens is 4. The Hall–Kier alpha value is -5.26. The Morgan fingerprint density at radius 2 is 1.55 bits per heavy atom. The second-order valence-corrected chi connectivity index (χ2v) is 8.96. The van der Waals surface area contributed by atoms with E-state index in [1.54, 1.807) is 59.4 Å². The predicted octanol–water partition coefficient (Wildman–Crippen LogP) is 5.36. The fraction of sp³-hybridized carbons (Fsp3) is 0.107. The molecule has 2 amide bonds. The summed E-state index contributed by atoms with van der Waals surface area (Å²) in [6, 6.07) is 18.4. The molecule has 9 nitrogen and oxygen atoms in total. The van der Waals surface area contributed by atoms with Gasteiger partial charge >= 0.3 is 6.18 Å². The van der Waals surface area contributed by atoms with Gasteiger partial charge in [-0.2, -0.15) is 13.2 Å². The number of benzene rings is 3. The third-order valence-corrected chi connectivity index (χ3v) is 5.99.